The van der Waals surface area contributed by atoms with Crippen molar-refractivity contribution in [2.24, 2.45) is 17.8 Å². The molecule has 1 aliphatic carbocycles. The summed E-state index contributed by atoms with van der Waals surface area (Å²) in [5.74, 6) is 1.17. The number of rotatable bonds is 1. The molecule has 1 aromatic carbocycles. The van der Waals surface area contributed by atoms with Crippen LogP contribution in [0.4, 0.5) is 5.69 Å². The van der Waals surface area contributed by atoms with Crippen LogP contribution >= 0.6 is 0 Å². The number of piperidine rings is 4. The topological polar surface area (TPSA) is 43.7 Å². The Morgan fingerprint density at radius 1 is 1.24 bits per heavy atom. The van der Waals surface area contributed by atoms with E-state index in [2.05, 4.69) is 50.2 Å². The van der Waals surface area contributed by atoms with E-state index in [-0.39, 0.29) is 17.7 Å². The molecule has 5 aliphatic heterocycles. The van der Waals surface area contributed by atoms with Crippen molar-refractivity contribution in [3.63, 3.8) is 0 Å². The number of para-hydroxylation sites is 1. The number of likely N-dealkylation sites (N-methyl/N-ethyl adjacent to an activating group) is 2. The number of hydrogen-bond donors (Lipinski definition) is 2. The summed E-state index contributed by atoms with van der Waals surface area (Å²) in [7, 11) is 4.51. The van der Waals surface area contributed by atoms with E-state index >= 15 is 0 Å². The van der Waals surface area contributed by atoms with E-state index in [1.165, 1.54) is 11.3 Å². The van der Waals surface area contributed by atoms with Gasteiger partial charge in [-0.15, -0.1) is 0 Å². The fourth-order valence-corrected chi connectivity index (χ4v) is 8.58. The van der Waals surface area contributed by atoms with Gasteiger partial charge in [0.1, 0.15) is 6.04 Å². The van der Waals surface area contributed by atoms with Gasteiger partial charge in [-0.3, -0.25) is 4.48 Å². The fraction of sp³-hybridized carbons (Fsp3) is 0.714. The highest BCUT2D eigenvalue weighted by Crippen LogP contribution is 2.70. The normalized spacial score (nSPS) is 57.1. The van der Waals surface area contributed by atoms with Gasteiger partial charge in [0, 0.05) is 37.4 Å². The zero-order valence-corrected chi connectivity index (χ0v) is 15.3. The van der Waals surface area contributed by atoms with Crippen LogP contribution < -0.4 is 4.90 Å². The van der Waals surface area contributed by atoms with Crippen molar-refractivity contribution in [1.82, 2.24) is 0 Å². The summed E-state index contributed by atoms with van der Waals surface area (Å²) in [6.07, 6.45) is 2.67. The third-order valence-corrected chi connectivity index (χ3v) is 9.39. The van der Waals surface area contributed by atoms with Gasteiger partial charge in [0.15, 0.2) is 6.23 Å². The largest absolute Gasteiger partial charge is 0.392 e. The maximum absolute atomic E-state index is 11.7. The van der Waals surface area contributed by atoms with Gasteiger partial charge in [-0.2, -0.15) is 0 Å². The number of quaternary nitrogens is 1. The second kappa shape index (κ2) is 4.24. The minimum Gasteiger partial charge on any atom is -0.392 e. The Hall–Kier alpha value is -1.10. The summed E-state index contributed by atoms with van der Waals surface area (Å²) in [4.78, 5) is 2.44. The third kappa shape index (κ3) is 1.27. The molecule has 5 bridgehead atoms. The smallest absolute Gasteiger partial charge is 0.193 e. The number of nitrogens with zero attached hydrogens (tertiary/aromatic N) is 2. The van der Waals surface area contributed by atoms with E-state index < -0.39 is 0 Å². The first-order valence-electron chi connectivity index (χ1n) is 10.0. The minimum absolute atomic E-state index is 0.125. The van der Waals surface area contributed by atoms with E-state index in [0.29, 0.717) is 35.9 Å². The van der Waals surface area contributed by atoms with Crippen molar-refractivity contribution in [2.45, 2.75) is 62.1 Å². The van der Waals surface area contributed by atoms with Crippen LogP contribution in [-0.4, -0.2) is 59.2 Å². The lowest BCUT2D eigenvalue weighted by molar-refractivity contribution is -1.02. The van der Waals surface area contributed by atoms with Gasteiger partial charge < -0.3 is 15.1 Å². The monoisotopic (exact) mass is 341 g/mol. The molecule has 0 unspecified atom stereocenters. The molecule has 5 fully saturated rings. The summed E-state index contributed by atoms with van der Waals surface area (Å²) in [5.41, 5.74) is 2.54. The molecule has 0 amide bonds. The Morgan fingerprint density at radius 2 is 2.00 bits per heavy atom. The molecular weight excluding hydrogens is 312 g/mol. The predicted molar refractivity (Wildman–Crippen MR) is 96.1 cm³/mol. The molecule has 4 saturated heterocycles. The second-order valence-electron chi connectivity index (χ2n) is 9.58. The zero-order chi connectivity index (χ0) is 17.3. The van der Waals surface area contributed by atoms with Crippen LogP contribution in [0.1, 0.15) is 31.7 Å². The molecule has 7 rings (SSSR count). The number of fused-ring (bicyclic) bond motifs is 2. The number of aliphatic hydroxyl groups is 2. The lowest BCUT2D eigenvalue weighted by Crippen LogP contribution is -2.81. The fourth-order valence-electron chi connectivity index (χ4n) is 8.58. The Kier molecular flexibility index (Phi) is 2.54. The molecule has 6 aliphatic rings. The van der Waals surface area contributed by atoms with Crippen LogP contribution in [-0.2, 0) is 5.41 Å². The highest BCUT2D eigenvalue weighted by molar-refractivity contribution is 5.66. The number of aliphatic hydroxyl groups excluding tert-OH is 2. The Morgan fingerprint density at radius 3 is 2.76 bits per heavy atom. The van der Waals surface area contributed by atoms with Gasteiger partial charge in [0.05, 0.1) is 30.7 Å². The third-order valence-electron chi connectivity index (χ3n) is 9.39. The summed E-state index contributed by atoms with van der Waals surface area (Å²) in [6, 6.07) is 9.87. The molecule has 10 atom stereocenters. The molecule has 0 aromatic heterocycles. The van der Waals surface area contributed by atoms with Crippen LogP contribution in [0, 0.1) is 17.8 Å². The van der Waals surface area contributed by atoms with Gasteiger partial charge >= 0.3 is 0 Å². The Labute approximate surface area is 149 Å². The second-order valence-corrected chi connectivity index (χ2v) is 9.58. The summed E-state index contributed by atoms with van der Waals surface area (Å²) < 4.78 is 0.779. The van der Waals surface area contributed by atoms with Crippen molar-refractivity contribution in [3.05, 3.63) is 29.8 Å². The number of benzene rings is 1. The van der Waals surface area contributed by atoms with Gasteiger partial charge in [-0.05, 0) is 24.0 Å². The Balaban J connectivity index is 1.63. The maximum Gasteiger partial charge on any atom is 0.193 e. The predicted octanol–water partition coefficient (Wildman–Crippen LogP) is 1.70. The van der Waals surface area contributed by atoms with E-state index in [1.54, 1.807) is 0 Å². The van der Waals surface area contributed by atoms with Crippen LogP contribution in [0.2, 0.25) is 0 Å². The van der Waals surface area contributed by atoms with Crippen LogP contribution in [0.3, 0.4) is 0 Å². The van der Waals surface area contributed by atoms with Crippen LogP contribution in [0.15, 0.2) is 24.3 Å². The molecule has 4 heteroatoms. The van der Waals surface area contributed by atoms with Crippen molar-refractivity contribution in [2.75, 3.05) is 19.0 Å². The van der Waals surface area contributed by atoms with Crippen LogP contribution in [0.25, 0.3) is 0 Å². The maximum atomic E-state index is 11.7. The summed E-state index contributed by atoms with van der Waals surface area (Å²) in [5, 5.41) is 23.1. The first kappa shape index (κ1) is 15.0. The molecular formula is C21H29N2O2+. The van der Waals surface area contributed by atoms with Crippen molar-refractivity contribution in [3.8, 4) is 0 Å². The van der Waals surface area contributed by atoms with Crippen molar-refractivity contribution in [1.29, 1.82) is 0 Å². The highest BCUT2D eigenvalue weighted by Gasteiger charge is 2.82. The van der Waals surface area contributed by atoms with E-state index in [9.17, 15) is 10.2 Å². The molecule has 4 nitrogen and oxygen atoms in total. The van der Waals surface area contributed by atoms with Gasteiger partial charge in [-0.1, -0.05) is 25.1 Å². The lowest BCUT2D eigenvalue weighted by atomic mass is 9.61. The van der Waals surface area contributed by atoms with E-state index in [0.717, 1.165) is 23.7 Å². The molecule has 5 heterocycles. The highest BCUT2D eigenvalue weighted by atomic mass is 16.3. The summed E-state index contributed by atoms with van der Waals surface area (Å²) >= 11 is 0. The standard InChI is InChI=1S/C21H29N2O2/c1-4-11-12-9-15-18-21(13-7-5-6-8-14(13)22(18)2)10-16(17(12)19(21)24)23(15,3)20(11)25/h5-8,11-12,15-20,24-25H,4,9-10H2,1-3H3/q+1/t11-,12+,15+,16+,17+,18+,19-,20+,21-,23+/m1/s1. The first-order valence-corrected chi connectivity index (χ1v) is 10.0. The molecule has 1 saturated carbocycles. The van der Waals surface area contributed by atoms with Crippen molar-refractivity contribution < 1.29 is 14.7 Å². The average molecular weight is 341 g/mol. The molecule has 2 N–H and O–H groups in total. The van der Waals surface area contributed by atoms with Crippen molar-refractivity contribution >= 4 is 5.69 Å². The minimum atomic E-state index is -0.273. The zero-order valence-electron chi connectivity index (χ0n) is 15.3. The number of hydrogen-bond acceptors (Lipinski definition) is 3. The summed E-state index contributed by atoms with van der Waals surface area (Å²) in [6.45, 7) is 2.21. The molecule has 134 valence electrons. The average Bonchev–Trinajstić information content (AvgIpc) is 2.99. The van der Waals surface area contributed by atoms with E-state index in [4.69, 9.17) is 0 Å². The lowest BCUT2D eigenvalue weighted by Gasteiger charge is -2.66. The Bertz CT molecular complexity index is 768. The molecule has 1 aromatic rings. The van der Waals surface area contributed by atoms with Gasteiger partial charge in [-0.25, -0.2) is 0 Å². The number of anilines is 1. The molecule has 25 heavy (non-hydrogen) atoms. The SMILES string of the molecule is CC[C@@H]1[C@@H]2C[C@H]3[C@@H]4N(C)c5ccccc5[C@]45C[C@@H]([C@H]2[C@H]5O)[N@@+]3(C)[C@H]1O. The van der Waals surface area contributed by atoms with E-state index in [1.807, 2.05) is 0 Å². The molecule has 0 radical (unpaired) electrons. The van der Waals surface area contributed by atoms with Gasteiger partial charge in [0.25, 0.3) is 0 Å². The first-order chi connectivity index (χ1) is 12.0. The van der Waals surface area contributed by atoms with Crippen LogP contribution in [0.5, 0.6) is 0 Å². The van der Waals surface area contributed by atoms with Gasteiger partial charge in [0.2, 0.25) is 0 Å². The quantitative estimate of drug-likeness (QED) is 0.764. The molecule has 1 spiro atoms.